The predicted molar refractivity (Wildman–Crippen MR) is 103 cm³/mol. The summed E-state index contributed by atoms with van der Waals surface area (Å²) in [5, 5.41) is 4.28. The highest BCUT2D eigenvalue weighted by atomic mass is 19.4. The van der Waals surface area contributed by atoms with E-state index in [2.05, 4.69) is 15.1 Å². The fraction of sp³-hybridized carbons (Fsp3) is 0.200. The summed E-state index contributed by atoms with van der Waals surface area (Å²) in [6, 6.07) is 8.12. The van der Waals surface area contributed by atoms with Gasteiger partial charge < -0.3 is 9.30 Å². The van der Waals surface area contributed by atoms with Crippen LogP contribution in [-0.4, -0.2) is 37.4 Å². The molecule has 0 saturated carbocycles. The number of hydrogen-bond acceptors (Lipinski definition) is 5. The third-order valence-electron chi connectivity index (χ3n) is 4.55. The Morgan fingerprint density at radius 1 is 1.13 bits per heavy atom. The number of methoxy groups -OCH3 is 1. The number of fused-ring (bicyclic) bond motifs is 1. The van der Waals surface area contributed by atoms with E-state index in [-0.39, 0.29) is 0 Å². The maximum Gasteiger partial charge on any atom is 0.390 e. The lowest BCUT2D eigenvalue weighted by molar-refractivity contribution is -0.136. The van der Waals surface area contributed by atoms with Crippen LogP contribution in [0, 0.1) is 0 Å². The Morgan fingerprint density at radius 2 is 1.97 bits per heavy atom. The fourth-order valence-electron chi connectivity index (χ4n) is 3.08. The molecule has 0 fully saturated rings. The van der Waals surface area contributed by atoms with Crippen molar-refractivity contribution < 1.29 is 17.9 Å². The van der Waals surface area contributed by atoms with E-state index in [4.69, 9.17) is 4.74 Å². The summed E-state index contributed by atoms with van der Waals surface area (Å²) in [7, 11) is 1.52. The number of alkyl halides is 3. The Balaban J connectivity index is 1.72. The van der Waals surface area contributed by atoms with Crippen LogP contribution < -0.4 is 10.3 Å². The molecule has 0 aromatic carbocycles. The van der Waals surface area contributed by atoms with E-state index < -0.39 is 24.7 Å². The highest BCUT2D eigenvalue weighted by molar-refractivity contribution is 5.81. The molecular weight excluding hydrogens is 399 g/mol. The van der Waals surface area contributed by atoms with Crippen LogP contribution in [0.5, 0.6) is 5.88 Å². The first kappa shape index (κ1) is 19.6. The summed E-state index contributed by atoms with van der Waals surface area (Å²) in [4.78, 5) is 21.0. The summed E-state index contributed by atoms with van der Waals surface area (Å²) in [6.07, 6.45) is 0.899. The van der Waals surface area contributed by atoms with Gasteiger partial charge in [-0.15, -0.1) is 0 Å². The van der Waals surface area contributed by atoms with E-state index in [0.29, 0.717) is 33.9 Å². The zero-order valence-electron chi connectivity index (χ0n) is 15.8. The molecule has 0 bridgehead atoms. The Labute approximate surface area is 168 Å². The average Bonchev–Trinajstić information content (AvgIpc) is 3.15. The minimum atomic E-state index is -4.32. The van der Waals surface area contributed by atoms with Crippen molar-refractivity contribution in [1.29, 1.82) is 0 Å². The third kappa shape index (κ3) is 3.88. The van der Waals surface area contributed by atoms with Crippen LogP contribution >= 0.6 is 0 Å². The van der Waals surface area contributed by atoms with Gasteiger partial charge in [-0.3, -0.25) is 4.79 Å². The Kier molecular flexibility index (Phi) is 4.98. The van der Waals surface area contributed by atoms with E-state index >= 15 is 0 Å². The number of ether oxygens (including phenoxy) is 1. The van der Waals surface area contributed by atoms with Crippen molar-refractivity contribution in [3.05, 3.63) is 65.5 Å². The van der Waals surface area contributed by atoms with Crippen molar-refractivity contribution in [2.75, 3.05) is 7.11 Å². The van der Waals surface area contributed by atoms with E-state index in [9.17, 15) is 18.0 Å². The standard InChI is InChI=1S/C20H16F3N5O2/c1-30-19-14(3-2-7-24-19)15-12-25-28-9-5-16(26-18(15)28)13-4-8-27(17(29)11-13)10-6-20(21,22)23/h2-5,7-9,11-12H,6,10H2,1H3. The number of halogens is 3. The molecule has 0 aliphatic carbocycles. The molecule has 4 rings (SSSR count). The average molecular weight is 415 g/mol. The molecule has 7 nitrogen and oxygen atoms in total. The lowest BCUT2D eigenvalue weighted by Crippen LogP contribution is -2.22. The largest absolute Gasteiger partial charge is 0.481 e. The molecule has 154 valence electrons. The molecule has 0 aliphatic heterocycles. The number of nitrogens with zero attached hydrogens (tertiary/aromatic N) is 5. The monoisotopic (exact) mass is 415 g/mol. The molecule has 0 unspecified atom stereocenters. The van der Waals surface area contributed by atoms with Crippen molar-refractivity contribution in [3.63, 3.8) is 0 Å². The van der Waals surface area contributed by atoms with Crippen LogP contribution in [0.25, 0.3) is 28.0 Å². The zero-order valence-corrected chi connectivity index (χ0v) is 15.8. The van der Waals surface area contributed by atoms with Crippen molar-refractivity contribution in [2.24, 2.45) is 0 Å². The molecule has 10 heteroatoms. The van der Waals surface area contributed by atoms with Crippen molar-refractivity contribution >= 4 is 5.65 Å². The van der Waals surface area contributed by atoms with Gasteiger partial charge in [-0.2, -0.15) is 18.3 Å². The molecule has 0 saturated heterocycles. The van der Waals surface area contributed by atoms with Gasteiger partial charge in [0.1, 0.15) is 0 Å². The molecule has 30 heavy (non-hydrogen) atoms. The van der Waals surface area contributed by atoms with Gasteiger partial charge in [0.2, 0.25) is 5.88 Å². The summed E-state index contributed by atoms with van der Waals surface area (Å²) >= 11 is 0. The Hall–Kier alpha value is -3.69. The molecule has 0 atom stereocenters. The first-order valence-electron chi connectivity index (χ1n) is 8.97. The number of aromatic nitrogens is 5. The van der Waals surface area contributed by atoms with Crippen LogP contribution in [0.3, 0.4) is 0 Å². The number of pyridine rings is 2. The lowest BCUT2D eigenvalue weighted by atomic mass is 10.1. The van der Waals surface area contributed by atoms with Gasteiger partial charge in [0, 0.05) is 42.3 Å². The maximum absolute atomic E-state index is 12.4. The van der Waals surface area contributed by atoms with Crippen LogP contribution in [0.2, 0.25) is 0 Å². The summed E-state index contributed by atoms with van der Waals surface area (Å²) in [5.41, 5.74) is 2.40. The first-order chi connectivity index (χ1) is 14.4. The van der Waals surface area contributed by atoms with E-state index in [1.807, 2.05) is 6.07 Å². The molecule has 4 aromatic rings. The van der Waals surface area contributed by atoms with Crippen LogP contribution in [0.4, 0.5) is 13.2 Å². The van der Waals surface area contributed by atoms with Gasteiger partial charge in [0.05, 0.1) is 31.0 Å². The SMILES string of the molecule is COc1ncccc1-c1cnn2ccc(-c3ccn(CCC(F)(F)F)c(=O)c3)nc12. The topological polar surface area (TPSA) is 74.3 Å². The number of aryl methyl sites for hydroxylation is 1. The molecule has 0 aliphatic rings. The maximum atomic E-state index is 12.4. The van der Waals surface area contributed by atoms with Gasteiger partial charge in [-0.25, -0.2) is 14.5 Å². The van der Waals surface area contributed by atoms with Crippen LogP contribution in [0.1, 0.15) is 6.42 Å². The Morgan fingerprint density at radius 3 is 2.70 bits per heavy atom. The molecule has 4 aromatic heterocycles. The van der Waals surface area contributed by atoms with Crippen molar-refractivity contribution in [3.8, 4) is 28.3 Å². The van der Waals surface area contributed by atoms with Gasteiger partial charge in [0.15, 0.2) is 5.65 Å². The van der Waals surface area contributed by atoms with Gasteiger partial charge in [0.25, 0.3) is 5.56 Å². The number of hydrogen-bond donors (Lipinski definition) is 0. The second kappa shape index (κ2) is 7.62. The van der Waals surface area contributed by atoms with E-state index in [1.54, 1.807) is 41.3 Å². The van der Waals surface area contributed by atoms with Crippen molar-refractivity contribution in [2.45, 2.75) is 19.1 Å². The normalized spacial score (nSPS) is 11.7. The van der Waals surface area contributed by atoms with Crippen molar-refractivity contribution in [1.82, 2.24) is 24.1 Å². The Bertz CT molecular complexity index is 1260. The molecule has 0 amide bonds. The highest BCUT2D eigenvalue weighted by Gasteiger charge is 2.26. The predicted octanol–water partition coefficient (Wildman–Crippen LogP) is 3.58. The summed E-state index contributed by atoms with van der Waals surface area (Å²) in [6.45, 7) is -0.428. The number of rotatable bonds is 5. The first-order valence-corrected chi connectivity index (χ1v) is 8.97. The summed E-state index contributed by atoms with van der Waals surface area (Å²) in [5.74, 6) is 0.423. The van der Waals surface area contributed by atoms with Crippen LogP contribution in [-0.2, 0) is 6.54 Å². The molecular formula is C20H16F3N5O2. The van der Waals surface area contributed by atoms with E-state index in [1.165, 1.54) is 19.4 Å². The molecule has 0 N–H and O–H groups in total. The highest BCUT2D eigenvalue weighted by Crippen LogP contribution is 2.31. The second-order valence-corrected chi connectivity index (χ2v) is 6.51. The third-order valence-corrected chi connectivity index (χ3v) is 4.55. The molecule has 4 heterocycles. The molecule has 0 radical (unpaired) electrons. The second-order valence-electron chi connectivity index (χ2n) is 6.51. The smallest absolute Gasteiger partial charge is 0.390 e. The van der Waals surface area contributed by atoms with Gasteiger partial charge >= 0.3 is 6.18 Å². The fourth-order valence-corrected chi connectivity index (χ4v) is 3.08. The zero-order chi connectivity index (χ0) is 21.3. The van der Waals surface area contributed by atoms with Gasteiger partial charge in [-0.05, 0) is 24.3 Å². The minimum absolute atomic E-state index is 0.423. The van der Waals surface area contributed by atoms with Gasteiger partial charge in [-0.1, -0.05) is 0 Å². The van der Waals surface area contributed by atoms with Crippen LogP contribution in [0.15, 0.2) is 59.9 Å². The van der Waals surface area contributed by atoms with E-state index in [0.717, 1.165) is 4.57 Å². The lowest BCUT2D eigenvalue weighted by Gasteiger charge is -2.09. The summed E-state index contributed by atoms with van der Waals surface area (Å²) < 4.78 is 45.2. The molecule has 0 spiro atoms. The quantitative estimate of drug-likeness (QED) is 0.498. The minimum Gasteiger partial charge on any atom is -0.481 e.